The number of rotatable bonds is 4. The van der Waals surface area contributed by atoms with Crippen LogP contribution in [0.1, 0.15) is 44.5 Å². The number of halogens is 1. The third kappa shape index (κ3) is 3.63. The second-order valence-electron chi connectivity index (χ2n) is 5.04. The summed E-state index contributed by atoms with van der Waals surface area (Å²) in [5.74, 6) is 1.21. The minimum Gasteiger partial charge on any atom is -0.233 e. The number of hydrogen-bond donors (Lipinski definition) is 0. The fourth-order valence-electron chi connectivity index (χ4n) is 1.97. The smallest absolute Gasteiger partial charge is 0.132 e. The van der Waals surface area contributed by atoms with Crippen molar-refractivity contribution in [3.05, 3.63) is 46.3 Å². The van der Waals surface area contributed by atoms with Gasteiger partial charge < -0.3 is 0 Å². The second kappa shape index (κ2) is 6.29. The third-order valence-corrected chi connectivity index (χ3v) is 3.42. The lowest BCUT2D eigenvalue weighted by Crippen LogP contribution is -1.99. The van der Waals surface area contributed by atoms with Gasteiger partial charge in [0.1, 0.15) is 10.4 Å². The summed E-state index contributed by atoms with van der Waals surface area (Å²) in [6.07, 6.45) is 2.31. The first-order valence-electron chi connectivity index (χ1n) is 6.74. The van der Waals surface area contributed by atoms with E-state index in [-0.39, 0.29) is 0 Å². The molecule has 100 valence electrons. The molecule has 0 bridgehead atoms. The monoisotopic (exact) mass is 318 g/mol. The van der Waals surface area contributed by atoms with Gasteiger partial charge in [-0.25, -0.2) is 9.97 Å². The van der Waals surface area contributed by atoms with Gasteiger partial charge in [-0.3, -0.25) is 0 Å². The van der Waals surface area contributed by atoms with Crippen LogP contribution in [0.3, 0.4) is 0 Å². The maximum Gasteiger partial charge on any atom is 0.132 e. The van der Waals surface area contributed by atoms with Gasteiger partial charge in [0.05, 0.1) is 5.69 Å². The van der Waals surface area contributed by atoms with E-state index in [1.165, 1.54) is 12.0 Å². The van der Waals surface area contributed by atoms with Crippen LogP contribution in [-0.2, 0) is 6.42 Å². The molecule has 0 amide bonds. The molecule has 0 aliphatic rings. The van der Waals surface area contributed by atoms with Crippen LogP contribution in [0.15, 0.2) is 34.9 Å². The molecule has 0 N–H and O–H groups in total. The number of aromatic nitrogens is 2. The zero-order valence-corrected chi connectivity index (χ0v) is 13.2. The van der Waals surface area contributed by atoms with Crippen LogP contribution in [0.25, 0.3) is 11.3 Å². The van der Waals surface area contributed by atoms with Crippen molar-refractivity contribution in [1.29, 1.82) is 0 Å². The maximum atomic E-state index is 4.64. The van der Waals surface area contributed by atoms with Crippen molar-refractivity contribution >= 4 is 15.9 Å². The second-order valence-corrected chi connectivity index (χ2v) is 5.85. The van der Waals surface area contributed by atoms with Crippen molar-refractivity contribution in [1.82, 2.24) is 9.97 Å². The summed E-state index contributed by atoms with van der Waals surface area (Å²) in [7, 11) is 0. The lowest BCUT2D eigenvalue weighted by molar-refractivity contribution is 0.771. The highest BCUT2D eigenvalue weighted by Gasteiger charge is 2.08. The van der Waals surface area contributed by atoms with Gasteiger partial charge in [0, 0.05) is 11.5 Å². The zero-order chi connectivity index (χ0) is 13.8. The predicted molar refractivity (Wildman–Crippen MR) is 83.3 cm³/mol. The number of benzene rings is 1. The Bertz CT molecular complexity index is 547. The van der Waals surface area contributed by atoms with Crippen molar-refractivity contribution in [2.45, 2.75) is 39.5 Å². The molecule has 1 aromatic heterocycles. The normalized spacial score (nSPS) is 11.0. The van der Waals surface area contributed by atoms with Gasteiger partial charge in [0.15, 0.2) is 0 Å². The van der Waals surface area contributed by atoms with E-state index in [1.807, 2.05) is 6.07 Å². The standard InChI is InChI=1S/C16H19BrN2/c1-4-5-12-6-8-13(9-7-12)14-10-15(17)19-16(18-14)11(2)3/h6-11H,4-5H2,1-3H3. The molecule has 0 unspecified atom stereocenters. The number of hydrogen-bond acceptors (Lipinski definition) is 2. The fraction of sp³-hybridized carbons (Fsp3) is 0.375. The Morgan fingerprint density at radius 3 is 2.37 bits per heavy atom. The molecule has 1 aromatic carbocycles. The summed E-state index contributed by atoms with van der Waals surface area (Å²) < 4.78 is 0.846. The van der Waals surface area contributed by atoms with E-state index in [1.54, 1.807) is 0 Å². The Kier molecular flexibility index (Phi) is 4.70. The quantitative estimate of drug-likeness (QED) is 0.743. The Morgan fingerprint density at radius 1 is 1.11 bits per heavy atom. The minimum atomic E-state index is 0.329. The molecule has 3 heteroatoms. The summed E-state index contributed by atoms with van der Waals surface area (Å²) in [5.41, 5.74) is 3.50. The van der Waals surface area contributed by atoms with Crippen molar-refractivity contribution in [3.63, 3.8) is 0 Å². The van der Waals surface area contributed by atoms with E-state index in [0.29, 0.717) is 5.92 Å². The van der Waals surface area contributed by atoms with Gasteiger partial charge in [-0.15, -0.1) is 0 Å². The predicted octanol–water partition coefficient (Wildman–Crippen LogP) is 4.98. The maximum absolute atomic E-state index is 4.64. The molecule has 2 nitrogen and oxygen atoms in total. The van der Waals surface area contributed by atoms with E-state index < -0.39 is 0 Å². The molecular weight excluding hydrogens is 300 g/mol. The lowest BCUT2D eigenvalue weighted by Gasteiger charge is -2.08. The van der Waals surface area contributed by atoms with Crippen molar-refractivity contribution < 1.29 is 0 Å². The average molecular weight is 319 g/mol. The first-order valence-corrected chi connectivity index (χ1v) is 7.53. The first-order chi connectivity index (χ1) is 9.10. The highest BCUT2D eigenvalue weighted by atomic mass is 79.9. The molecule has 0 aliphatic carbocycles. The minimum absolute atomic E-state index is 0.329. The molecule has 2 rings (SSSR count). The lowest BCUT2D eigenvalue weighted by atomic mass is 10.1. The summed E-state index contributed by atoms with van der Waals surface area (Å²) in [6, 6.07) is 10.6. The van der Waals surface area contributed by atoms with Crippen LogP contribution in [-0.4, -0.2) is 9.97 Å². The molecule has 0 aliphatic heterocycles. The highest BCUT2D eigenvalue weighted by molar-refractivity contribution is 9.10. The topological polar surface area (TPSA) is 25.8 Å². The highest BCUT2D eigenvalue weighted by Crippen LogP contribution is 2.23. The van der Waals surface area contributed by atoms with Gasteiger partial charge in [-0.2, -0.15) is 0 Å². The van der Waals surface area contributed by atoms with E-state index in [4.69, 9.17) is 0 Å². The summed E-state index contributed by atoms with van der Waals surface area (Å²) in [4.78, 5) is 9.05. The SMILES string of the molecule is CCCc1ccc(-c2cc(Br)nc(C(C)C)n2)cc1. The number of nitrogens with zero attached hydrogens (tertiary/aromatic N) is 2. The van der Waals surface area contributed by atoms with Crippen molar-refractivity contribution in [3.8, 4) is 11.3 Å². The van der Waals surface area contributed by atoms with Crippen LogP contribution in [0, 0.1) is 0 Å². The van der Waals surface area contributed by atoms with E-state index in [9.17, 15) is 0 Å². The number of aryl methyl sites for hydroxylation is 1. The Labute approximate surface area is 123 Å². The molecule has 1 heterocycles. The van der Waals surface area contributed by atoms with Gasteiger partial charge >= 0.3 is 0 Å². The molecular formula is C16H19BrN2. The van der Waals surface area contributed by atoms with Crippen LogP contribution >= 0.6 is 15.9 Å². The largest absolute Gasteiger partial charge is 0.233 e. The van der Waals surface area contributed by atoms with Gasteiger partial charge in [0.2, 0.25) is 0 Å². The molecule has 19 heavy (non-hydrogen) atoms. The molecule has 0 radical (unpaired) electrons. The van der Waals surface area contributed by atoms with Gasteiger partial charge in [-0.05, 0) is 34.0 Å². The first kappa shape index (κ1) is 14.2. The molecule has 0 fully saturated rings. The summed E-state index contributed by atoms with van der Waals surface area (Å²) in [6.45, 7) is 6.41. The summed E-state index contributed by atoms with van der Waals surface area (Å²) in [5, 5.41) is 0. The van der Waals surface area contributed by atoms with Gasteiger partial charge in [-0.1, -0.05) is 51.5 Å². The molecule has 0 spiro atoms. The van der Waals surface area contributed by atoms with Gasteiger partial charge in [0.25, 0.3) is 0 Å². The molecule has 2 aromatic rings. The zero-order valence-electron chi connectivity index (χ0n) is 11.7. The van der Waals surface area contributed by atoms with Crippen molar-refractivity contribution in [2.24, 2.45) is 0 Å². The van der Waals surface area contributed by atoms with E-state index >= 15 is 0 Å². The molecule has 0 saturated carbocycles. The Hall–Kier alpha value is -1.22. The van der Waals surface area contributed by atoms with E-state index in [2.05, 4.69) is 70.9 Å². The Balaban J connectivity index is 2.35. The van der Waals surface area contributed by atoms with Crippen LogP contribution < -0.4 is 0 Å². The Morgan fingerprint density at radius 2 is 1.79 bits per heavy atom. The fourth-order valence-corrected chi connectivity index (χ4v) is 2.37. The van der Waals surface area contributed by atoms with Crippen LogP contribution in [0.5, 0.6) is 0 Å². The average Bonchev–Trinajstić information content (AvgIpc) is 2.39. The van der Waals surface area contributed by atoms with Crippen LogP contribution in [0.2, 0.25) is 0 Å². The van der Waals surface area contributed by atoms with E-state index in [0.717, 1.165) is 28.1 Å². The van der Waals surface area contributed by atoms with Crippen molar-refractivity contribution in [2.75, 3.05) is 0 Å². The molecule has 0 saturated heterocycles. The molecule has 0 atom stereocenters. The third-order valence-electron chi connectivity index (χ3n) is 3.02. The summed E-state index contributed by atoms with van der Waals surface area (Å²) >= 11 is 3.47. The van der Waals surface area contributed by atoms with Crippen LogP contribution in [0.4, 0.5) is 0 Å².